The Kier molecular flexibility index (Phi) is 6.75. The van der Waals surface area contributed by atoms with Crippen molar-refractivity contribution in [2.75, 3.05) is 13.1 Å². The number of ether oxygens (including phenoxy) is 1. The number of rotatable bonds is 5. The number of hydroxylamine groups is 1. The quantitative estimate of drug-likeness (QED) is 0.493. The highest BCUT2D eigenvalue weighted by Gasteiger charge is 2.42. The molecule has 8 nitrogen and oxygen atoms in total. The van der Waals surface area contributed by atoms with E-state index < -0.39 is 29.9 Å². The molecule has 0 aromatic heterocycles. The number of carbonyl (C=O) groups is 3. The SMILES string of the molecule is O=C(NC1CC1)O[C@@H]1CC[C@H](C(=O)N2CCC(c3ccccc3)CC2)[C@@H](C(=O)NO)C1. The molecule has 3 fully saturated rings. The van der Waals surface area contributed by atoms with E-state index in [1.807, 2.05) is 23.1 Å². The number of likely N-dealkylation sites (tertiary alicyclic amines) is 1. The average Bonchev–Trinajstić information content (AvgIpc) is 3.62. The van der Waals surface area contributed by atoms with Crippen LogP contribution in [0.5, 0.6) is 0 Å². The highest BCUT2D eigenvalue weighted by molar-refractivity contribution is 5.87. The van der Waals surface area contributed by atoms with Crippen molar-refractivity contribution in [3.8, 4) is 0 Å². The second-order valence-electron chi connectivity index (χ2n) is 8.96. The van der Waals surface area contributed by atoms with E-state index in [2.05, 4.69) is 17.4 Å². The van der Waals surface area contributed by atoms with E-state index in [1.165, 1.54) is 5.56 Å². The molecule has 1 aliphatic heterocycles. The Hall–Kier alpha value is -2.61. The smallest absolute Gasteiger partial charge is 0.407 e. The van der Waals surface area contributed by atoms with Gasteiger partial charge in [0.1, 0.15) is 6.10 Å². The average molecular weight is 430 g/mol. The number of piperidine rings is 1. The van der Waals surface area contributed by atoms with Gasteiger partial charge in [-0.2, -0.15) is 0 Å². The van der Waals surface area contributed by atoms with E-state index in [1.54, 1.807) is 5.48 Å². The van der Waals surface area contributed by atoms with Gasteiger partial charge < -0.3 is 15.0 Å². The molecule has 3 atom stereocenters. The van der Waals surface area contributed by atoms with Crippen LogP contribution in [0.2, 0.25) is 0 Å². The van der Waals surface area contributed by atoms with Crippen molar-refractivity contribution in [3.63, 3.8) is 0 Å². The van der Waals surface area contributed by atoms with Gasteiger partial charge >= 0.3 is 6.09 Å². The fourth-order valence-electron chi connectivity index (χ4n) is 4.88. The minimum atomic E-state index is -0.711. The first-order chi connectivity index (χ1) is 15.0. The van der Waals surface area contributed by atoms with Crippen LogP contribution in [0.15, 0.2) is 30.3 Å². The maximum absolute atomic E-state index is 13.3. The van der Waals surface area contributed by atoms with E-state index >= 15 is 0 Å². The second-order valence-corrected chi connectivity index (χ2v) is 8.96. The first kappa shape index (κ1) is 21.6. The number of amides is 3. The molecule has 8 heteroatoms. The van der Waals surface area contributed by atoms with Crippen LogP contribution in [0.3, 0.4) is 0 Å². The highest BCUT2D eigenvalue weighted by Crippen LogP contribution is 2.36. The first-order valence-electron chi connectivity index (χ1n) is 11.3. The number of alkyl carbamates (subject to hydrolysis) is 1. The van der Waals surface area contributed by atoms with Gasteiger partial charge in [0.15, 0.2) is 0 Å². The minimum Gasteiger partial charge on any atom is -0.446 e. The van der Waals surface area contributed by atoms with E-state index in [4.69, 9.17) is 4.74 Å². The summed E-state index contributed by atoms with van der Waals surface area (Å²) < 4.78 is 5.47. The van der Waals surface area contributed by atoms with Gasteiger partial charge in [-0.15, -0.1) is 0 Å². The molecule has 0 radical (unpaired) electrons. The Morgan fingerprint density at radius 3 is 2.29 bits per heavy atom. The lowest BCUT2D eigenvalue weighted by atomic mass is 9.76. The summed E-state index contributed by atoms with van der Waals surface area (Å²) in [4.78, 5) is 39.4. The van der Waals surface area contributed by atoms with E-state index in [-0.39, 0.29) is 18.4 Å². The number of hydrogen-bond donors (Lipinski definition) is 3. The molecular weight excluding hydrogens is 398 g/mol. The maximum atomic E-state index is 13.3. The van der Waals surface area contributed by atoms with Gasteiger partial charge in [0.05, 0.1) is 11.8 Å². The van der Waals surface area contributed by atoms with Gasteiger partial charge in [0.25, 0.3) is 0 Å². The van der Waals surface area contributed by atoms with Crippen molar-refractivity contribution in [1.82, 2.24) is 15.7 Å². The summed E-state index contributed by atoms with van der Waals surface area (Å²) in [6, 6.07) is 10.5. The summed E-state index contributed by atoms with van der Waals surface area (Å²) in [6.45, 7) is 1.32. The number of hydrogen-bond acceptors (Lipinski definition) is 5. The summed E-state index contributed by atoms with van der Waals surface area (Å²) >= 11 is 0. The summed E-state index contributed by atoms with van der Waals surface area (Å²) in [5, 5.41) is 12.0. The molecule has 1 aromatic rings. The molecule has 3 aliphatic rings. The van der Waals surface area contributed by atoms with Crippen molar-refractivity contribution in [2.24, 2.45) is 11.8 Å². The summed E-state index contributed by atoms with van der Waals surface area (Å²) in [6.07, 6.45) is 4.04. The third-order valence-corrected chi connectivity index (χ3v) is 6.82. The fourth-order valence-corrected chi connectivity index (χ4v) is 4.88. The maximum Gasteiger partial charge on any atom is 0.407 e. The van der Waals surface area contributed by atoms with E-state index in [0.717, 1.165) is 25.7 Å². The molecule has 31 heavy (non-hydrogen) atoms. The minimum absolute atomic E-state index is 0.0407. The Bertz CT molecular complexity index is 790. The molecule has 1 aromatic carbocycles. The Morgan fingerprint density at radius 1 is 0.935 bits per heavy atom. The fraction of sp³-hybridized carbons (Fsp3) is 0.609. The van der Waals surface area contributed by atoms with Crippen LogP contribution in [0.1, 0.15) is 56.4 Å². The van der Waals surface area contributed by atoms with Crippen LogP contribution in [-0.2, 0) is 14.3 Å². The van der Waals surface area contributed by atoms with Crippen molar-refractivity contribution < 1.29 is 24.3 Å². The number of carbonyl (C=O) groups excluding carboxylic acids is 3. The Labute approximate surface area is 182 Å². The van der Waals surface area contributed by atoms with Crippen LogP contribution < -0.4 is 10.8 Å². The van der Waals surface area contributed by atoms with Crippen LogP contribution >= 0.6 is 0 Å². The molecule has 2 aliphatic carbocycles. The lowest BCUT2D eigenvalue weighted by Gasteiger charge is -2.39. The van der Waals surface area contributed by atoms with Gasteiger partial charge in [0.2, 0.25) is 11.8 Å². The zero-order chi connectivity index (χ0) is 21.8. The van der Waals surface area contributed by atoms with E-state index in [0.29, 0.717) is 31.8 Å². The molecule has 168 valence electrons. The normalized spacial score (nSPS) is 26.7. The summed E-state index contributed by atoms with van der Waals surface area (Å²) in [7, 11) is 0. The topological polar surface area (TPSA) is 108 Å². The molecule has 4 rings (SSSR count). The van der Waals surface area contributed by atoms with Crippen molar-refractivity contribution in [3.05, 3.63) is 35.9 Å². The number of nitrogens with zero attached hydrogens (tertiary/aromatic N) is 1. The number of benzene rings is 1. The Morgan fingerprint density at radius 2 is 1.65 bits per heavy atom. The molecule has 3 amide bonds. The molecular formula is C23H31N3O5. The zero-order valence-corrected chi connectivity index (χ0v) is 17.7. The highest BCUT2D eigenvalue weighted by atomic mass is 16.6. The van der Waals surface area contributed by atoms with Crippen LogP contribution in [0.25, 0.3) is 0 Å². The molecule has 1 heterocycles. The predicted molar refractivity (Wildman–Crippen MR) is 112 cm³/mol. The zero-order valence-electron chi connectivity index (χ0n) is 17.7. The third kappa shape index (κ3) is 5.36. The summed E-state index contributed by atoms with van der Waals surface area (Å²) in [5.74, 6) is -1.41. The molecule has 0 bridgehead atoms. The van der Waals surface area contributed by atoms with Gasteiger partial charge in [-0.25, -0.2) is 10.3 Å². The van der Waals surface area contributed by atoms with Crippen LogP contribution in [0, 0.1) is 11.8 Å². The second kappa shape index (κ2) is 9.68. The van der Waals surface area contributed by atoms with Crippen molar-refractivity contribution in [2.45, 2.75) is 63.0 Å². The molecule has 2 saturated carbocycles. The van der Waals surface area contributed by atoms with Gasteiger partial charge in [-0.3, -0.25) is 14.8 Å². The van der Waals surface area contributed by atoms with Crippen molar-refractivity contribution >= 4 is 17.9 Å². The predicted octanol–water partition coefficient (Wildman–Crippen LogP) is 2.57. The largest absolute Gasteiger partial charge is 0.446 e. The monoisotopic (exact) mass is 429 g/mol. The molecule has 0 unspecified atom stereocenters. The van der Waals surface area contributed by atoms with E-state index in [9.17, 15) is 19.6 Å². The third-order valence-electron chi connectivity index (χ3n) is 6.82. The summed E-state index contributed by atoms with van der Waals surface area (Å²) in [5.41, 5.74) is 3.00. The molecule has 1 saturated heterocycles. The molecule has 3 N–H and O–H groups in total. The first-order valence-corrected chi connectivity index (χ1v) is 11.3. The van der Waals surface area contributed by atoms with Crippen LogP contribution in [-0.4, -0.2) is 53.3 Å². The van der Waals surface area contributed by atoms with Crippen LogP contribution in [0.4, 0.5) is 4.79 Å². The Balaban J connectivity index is 1.34. The van der Waals surface area contributed by atoms with Gasteiger partial charge in [-0.1, -0.05) is 30.3 Å². The molecule has 0 spiro atoms. The standard InChI is InChI=1S/C23H31N3O5/c27-21(25-30)20-14-18(31-23(29)24-17-6-7-17)8-9-19(20)22(28)26-12-10-16(11-13-26)15-4-2-1-3-5-15/h1-5,16-20,30H,6-14H2,(H,24,29)(H,25,27)/t18-,19+,20+/m1/s1. The van der Waals surface area contributed by atoms with Crippen molar-refractivity contribution in [1.29, 1.82) is 0 Å². The van der Waals surface area contributed by atoms with Gasteiger partial charge in [0, 0.05) is 19.1 Å². The lowest BCUT2D eigenvalue weighted by Crippen LogP contribution is -2.49. The number of nitrogens with one attached hydrogen (secondary N) is 2. The lowest BCUT2D eigenvalue weighted by molar-refractivity contribution is -0.149. The van der Waals surface area contributed by atoms with Gasteiger partial charge in [-0.05, 0) is 56.4 Å².